The third-order valence-electron chi connectivity index (χ3n) is 4.06. The van der Waals surface area contributed by atoms with Crippen molar-refractivity contribution in [1.82, 2.24) is 4.90 Å². The standard InChI is InChI=1S/C16H16FN3O4/c17-15-7-11(19-9-13(8-18)24-16(19)21)4-5-14(15)10-2-1-3-12(6-10)20(22)23/h1-6,13,15H,7-9,18H2. The van der Waals surface area contributed by atoms with Gasteiger partial charge < -0.3 is 10.5 Å². The van der Waals surface area contributed by atoms with E-state index in [1.54, 1.807) is 18.2 Å². The van der Waals surface area contributed by atoms with Gasteiger partial charge in [-0.15, -0.1) is 0 Å². The molecule has 1 aromatic rings. The van der Waals surface area contributed by atoms with Crippen LogP contribution in [0.4, 0.5) is 14.9 Å². The van der Waals surface area contributed by atoms with Crippen molar-refractivity contribution in [2.75, 3.05) is 13.1 Å². The molecule has 2 aliphatic rings. The van der Waals surface area contributed by atoms with Crippen LogP contribution >= 0.6 is 0 Å². The van der Waals surface area contributed by atoms with Crippen LogP contribution in [0, 0.1) is 10.1 Å². The van der Waals surface area contributed by atoms with E-state index in [0.29, 0.717) is 23.4 Å². The van der Waals surface area contributed by atoms with Crippen molar-refractivity contribution in [2.24, 2.45) is 5.73 Å². The molecule has 1 aliphatic carbocycles. The molecule has 1 aliphatic heterocycles. The number of rotatable bonds is 4. The maximum atomic E-state index is 14.6. The fourth-order valence-electron chi connectivity index (χ4n) is 2.81. The Hall–Kier alpha value is -2.74. The minimum atomic E-state index is -1.36. The normalized spacial score (nSPS) is 23.6. The molecule has 2 atom stereocenters. The zero-order valence-electron chi connectivity index (χ0n) is 12.7. The Morgan fingerprint density at radius 1 is 1.42 bits per heavy atom. The predicted molar refractivity (Wildman–Crippen MR) is 84.7 cm³/mol. The van der Waals surface area contributed by atoms with Gasteiger partial charge in [-0.3, -0.25) is 15.0 Å². The highest BCUT2D eigenvalue weighted by Gasteiger charge is 2.35. The van der Waals surface area contributed by atoms with E-state index < -0.39 is 23.3 Å². The average Bonchev–Trinajstić information content (AvgIpc) is 2.96. The zero-order valence-corrected chi connectivity index (χ0v) is 12.7. The summed E-state index contributed by atoms with van der Waals surface area (Å²) in [6.07, 6.45) is 0.906. The second-order valence-electron chi connectivity index (χ2n) is 5.61. The maximum absolute atomic E-state index is 14.6. The summed E-state index contributed by atoms with van der Waals surface area (Å²) >= 11 is 0. The van der Waals surface area contributed by atoms with Crippen LogP contribution in [0.15, 0.2) is 42.1 Å². The number of benzene rings is 1. The van der Waals surface area contributed by atoms with Gasteiger partial charge in [0.15, 0.2) is 0 Å². The van der Waals surface area contributed by atoms with E-state index in [-0.39, 0.29) is 18.7 Å². The van der Waals surface area contributed by atoms with Gasteiger partial charge in [-0.1, -0.05) is 18.2 Å². The summed E-state index contributed by atoms with van der Waals surface area (Å²) in [6, 6.07) is 5.84. The first-order chi connectivity index (χ1) is 11.5. The fourth-order valence-corrected chi connectivity index (χ4v) is 2.81. The van der Waals surface area contributed by atoms with Crippen LogP contribution in [0.3, 0.4) is 0 Å². The van der Waals surface area contributed by atoms with Gasteiger partial charge in [-0.2, -0.15) is 0 Å². The number of halogens is 1. The molecule has 0 bridgehead atoms. The monoisotopic (exact) mass is 333 g/mol. The number of nitrogens with two attached hydrogens (primary N) is 1. The van der Waals surface area contributed by atoms with Gasteiger partial charge in [0.05, 0.1) is 11.5 Å². The number of alkyl halides is 1. The van der Waals surface area contributed by atoms with Gasteiger partial charge in [-0.25, -0.2) is 9.18 Å². The van der Waals surface area contributed by atoms with E-state index in [0.717, 1.165) is 0 Å². The number of hydrogen-bond donors (Lipinski definition) is 1. The molecule has 1 heterocycles. The second-order valence-corrected chi connectivity index (χ2v) is 5.61. The molecule has 1 amide bonds. The van der Waals surface area contributed by atoms with Crippen molar-refractivity contribution < 1.29 is 18.8 Å². The Morgan fingerprint density at radius 3 is 2.83 bits per heavy atom. The molecule has 8 heteroatoms. The lowest BCUT2D eigenvalue weighted by Gasteiger charge is -2.24. The number of nitrogens with zero attached hydrogens (tertiary/aromatic N) is 2. The van der Waals surface area contributed by atoms with Crippen molar-refractivity contribution in [3.05, 3.63) is 57.8 Å². The Balaban J connectivity index is 1.86. The summed E-state index contributed by atoms with van der Waals surface area (Å²) in [5.74, 6) is 0. The number of allylic oxidation sites excluding steroid dienone is 4. The SMILES string of the molecule is NCC1CN(C2=CC=C(c3cccc([N+](=O)[O-])c3)C(F)C2)C(=O)O1. The molecular weight excluding hydrogens is 317 g/mol. The molecule has 0 spiro atoms. The molecule has 2 unspecified atom stereocenters. The van der Waals surface area contributed by atoms with Gasteiger partial charge in [0.25, 0.3) is 5.69 Å². The predicted octanol–water partition coefficient (Wildman–Crippen LogP) is 2.38. The number of hydrogen-bond acceptors (Lipinski definition) is 5. The lowest BCUT2D eigenvalue weighted by atomic mass is 9.93. The number of non-ortho nitro benzene ring substituents is 1. The summed E-state index contributed by atoms with van der Waals surface area (Å²) < 4.78 is 19.7. The molecule has 3 rings (SSSR count). The van der Waals surface area contributed by atoms with E-state index in [1.807, 2.05) is 0 Å². The van der Waals surface area contributed by atoms with Crippen LogP contribution in [-0.2, 0) is 4.74 Å². The van der Waals surface area contributed by atoms with Gasteiger partial charge >= 0.3 is 6.09 Å². The topological polar surface area (TPSA) is 98.7 Å². The van der Waals surface area contributed by atoms with Crippen LogP contribution < -0.4 is 5.73 Å². The molecule has 0 aromatic heterocycles. The third-order valence-corrected chi connectivity index (χ3v) is 4.06. The first kappa shape index (κ1) is 16.1. The summed E-state index contributed by atoms with van der Waals surface area (Å²) in [5, 5.41) is 10.9. The van der Waals surface area contributed by atoms with Crippen LogP contribution in [0.5, 0.6) is 0 Å². The van der Waals surface area contributed by atoms with Crippen molar-refractivity contribution >= 4 is 17.4 Å². The van der Waals surface area contributed by atoms with Crippen molar-refractivity contribution in [3.63, 3.8) is 0 Å². The van der Waals surface area contributed by atoms with Crippen molar-refractivity contribution in [2.45, 2.75) is 18.7 Å². The van der Waals surface area contributed by atoms with E-state index in [2.05, 4.69) is 0 Å². The lowest BCUT2D eigenvalue weighted by Crippen LogP contribution is -2.29. The molecule has 1 aromatic carbocycles. The summed E-state index contributed by atoms with van der Waals surface area (Å²) in [4.78, 5) is 23.5. The molecule has 1 fully saturated rings. The van der Waals surface area contributed by atoms with E-state index in [4.69, 9.17) is 10.5 Å². The Bertz CT molecular complexity index is 747. The van der Waals surface area contributed by atoms with E-state index in [9.17, 15) is 19.3 Å². The Labute approximate surface area is 137 Å². The maximum Gasteiger partial charge on any atom is 0.414 e. The molecule has 0 radical (unpaired) electrons. The molecule has 2 N–H and O–H groups in total. The third kappa shape index (κ3) is 3.00. The van der Waals surface area contributed by atoms with Gasteiger partial charge in [0.2, 0.25) is 0 Å². The zero-order chi connectivity index (χ0) is 17.3. The minimum Gasteiger partial charge on any atom is -0.443 e. The number of ether oxygens (including phenoxy) is 1. The van der Waals surface area contributed by atoms with Crippen LogP contribution in [0.25, 0.3) is 5.57 Å². The smallest absolute Gasteiger partial charge is 0.414 e. The summed E-state index contributed by atoms with van der Waals surface area (Å²) in [6.45, 7) is 0.511. The Morgan fingerprint density at radius 2 is 2.21 bits per heavy atom. The highest BCUT2D eigenvalue weighted by atomic mass is 19.1. The Kier molecular flexibility index (Phi) is 4.30. The fraction of sp³-hybridized carbons (Fsp3) is 0.312. The summed E-state index contributed by atoms with van der Waals surface area (Å²) in [7, 11) is 0. The number of carbonyl (C=O) groups is 1. The largest absolute Gasteiger partial charge is 0.443 e. The first-order valence-electron chi connectivity index (χ1n) is 7.47. The molecular formula is C16H16FN3O4. The number of amides is 1. The van der Waals surface area contributed by atoms with Crippen LogP contribution in [-0.4, -0.2) is 41.3 Å². The highest BCUT2D eigenvalue weighted by molar-refractivity contribution is 5.76. The number of nitro groups is 1. The minimum absolute atomic E-state index is 0.000909. The average molecular weight is 333 g/mol. The van der Waals surface area contributed by atoms with Gasteiger partial charge in [0.1, 0.15) is 12.3 Å². The molecule has 24 heavy (non-hydrogen) atoms. The second kappa shape index (κ2) is 6.40. The first-order valence-corrected chi connectivity index (χ1v) is 7.47. The van der Waals surface area contributed by atoms with Crippen molar-refractivity contribution in [3.8, 4) is 0 Å². The van der Waals surface area contributed by atoms with E-state index >= 15 is 0 Å². The van der Waals surface area contributed by atoms with E-state index in [1.165, 1.54) is 23.1 Å². The van der Waals surface area contributed by atoms with Crippen molar-refractivity contribution in [1.29, 1.82) is 0 Å². The highest BCUT2D eigenvalue weighted by Crippen LogP contribution is 2.33. The molecule has 126 valence electrons. The molecule has 7 nitrogen and oxygen atoms in total. The summed E-state index contributed by atoms with van der Waals surface area (Å²) in [5.41, 5.74) is 6.71. The lowest BCUT2D eigenvalue weighted by molar-refractivity contribution is -0.384. The van der Waals surface area contributed by atoms with Crippen LogP contribution in [0.2, 0.25) is 0 Å². The van der Waals surface area contributed by atoms with Crippen LogP contribution in [0.1, 0.15) is 12.0 Å². The van der Waals surface area contributed by atoms with Gasteiger partial charge in [-0.05, 0) is 17.2 Å². The molecule has 0 saturated carbocycles. The van der Waals surface area contributed by atoms with Gasteiger partial charge in [0, 0.05) is 30.8 Å². The number of nitro benzene ring substituents is 1. The number of carbonyl (C=O) groups excluding carboxylic acids is 1. The quantitative estimate of drug-likeness (QED) is 0.674. The molecule has 1 saturated heterocycles. The number of cyclic esters (lactones) is 1.